The maximum atomic E-state index is 13.2. The molecule has 0 bridgehead atoms. The molecule has 0 unspecified atom stereocenters. The van der Waals surface area contributed by atoms with Crippen LogP contribution >= 0.6 is 0 Å². The Kier molecular flexibility index (Phi) is 6.74. The number of nitrogens with one attached hydrogen (secondary N) is 1. The van der Waals surface area contributed by atoms with Gasteiger partial charge in [-0.15, -0.1) is 0 Å². The van der Waals surface area contributed by atoms with Gasteiger partial charge in [0.05, 0.1) is 36.1 Å². The highest BCUT2D eigenvalue weighted by Gasteiger charge is 2.21. The highest BCUT2D eigenvalue weighted by atomic mass is 16.5. The summed E-state index contributed by atoms with van der Waals surface area (Å²) in [6.07, 6.45) is 6.85. The summed E-state index contributed by atoms with van der Waals surface area (Å²) < 4.78 is 5.92. The predicted octanol–water partition coefficient (Wildman–Crippen LogP) is 5.75. The zero-order valence-electron chi connectivity index (χ0n) is 19.4. The highest BCUT2D eigenvalue weighted by molar-refractivity contribution is 5.94. The van der Waals surface area contributed by atoms with Gasteiger partial charge in [0, 0.05) is 47.0 Å². The second-order valence-corrected chi connectivity index (χ2v) is 8.21. The number of aromatic nitrogens is 3. The van der Waals surface area contributed by atoms with Crippen LogP contribution in [0.25, 0.3) is 33.5 Å². The van der Waals surface area contributed by atoms with Gasteiger partial charge in [-0.05, 0) is 35.4 Å². The molecule has 0 aliphatic carbocycles. The number of pyridine rings is 3. The molecule has 5 aromatic rings. The second-order valence-electron chi connectivity index (χ2n) is 8.21. The Morgan fingerprint density at radius 3 is 2.42 bits per heavy atom. The summed E-state index contributed by atoms with van der Waals surface area (Å²) in [5.74, 6) is 0. The van der Waals surface area contributed by atoms with Crippen LogP contribution in [0.5, 0.6) is 0 Å². The molecule has 0 saturated carbocycles. The highest BCUT2D eigenvalue weighted by Crippen LogP contribution is 2.38. The Morgan fingerprint density at radius 1 is 0.833 bits per heavy atom. The van der Waals surface area contributed by atoms with Gasteiger partial charge in [-0.1, -0.05) is 54.6 Å². The van der Waals surface area contributed by atoms with E-state index in [1.165, 1.54) is 0 Å². The largest absolute Gasteiger partial charge is 0.372 e. The number of rotatable bonds is 7. The van der Waals surface area contributed by atoms with E-state index in [4.69, 9.17) is 4.74 Å². The molecule has 3 heterocycles. The Labute approximate surface area is 208 Å². The van der Waals surface area contributed by atoms with Crippen LogP contribution in [0, 0.1) is 11.3 Å². The molecule has 0 saturated heterocycles. The van der Waals surface area contributed by atoms with Crippen molar-refractivity contribution in [2.45, 2.75) is 13.2 Å². The normalized spacial score (nSPS) is 10.6. The van der Waals surface area contributed by atoms with Gasteiger partial charge in [0.15, 0.2) is 0 Å². The zero-order valence-corrected chi connectivity index (χ0v) is 19.4. The molecular weight excluding hydrogens is 448 g/mol. The minimum absolute atomic E-state index is 0.293. The van der Waals surface area contributed by atoms with Gasteiger partial charge in [0.1, 0.15) is 0 Å². The molecule has 36 heavy (non-hydrogen) atoms. The van der Waals surface area contributed by atoms with E-state index in [-0.39, 0.29) is 5.56 Å². The van der Waals surface area contributed by atoms with Crippen molar-refractivity contribution in [3.63, 3.8) is 0 Å². The van der Waals surface area contributed by atoms with Crippen molar-refractivity contribution in [3.05, 3.63) is 131 Å². The topological polar surface area (TPSA) is 91.7 Å². The zero-order chi connectivity index (χ0) is 24.7. The molecule has 0 aliphatic rings. The molecule has 3 aromatic heterocycles. The fourth-order valence-electron chi connectivity index (χ4n) is 4.17. The van der Waals surface area contributed by atoms with Crippen molar-refractivity contribution in [3.8, 4) is 39.6 Å². The van der Waals surface area contributed by atoms with E-state index in [0.29, 0.717) is 41.2 Å². The van der Waals surface area contributed by atoms with E-state index in [2.05, 4.69) is 21.0 Å². The number of ether oxygens (including phenoxy) is 1. The second kappa shape index (κ2) is 10.6. The first-order valence-electron chi connectivity index (χ1n) is 11.5. The predicted molar refractivity (Wildman–Crippen MR) is 139 cm³/mol. The van der Waals surface area contributed by atoms with Crippen molar-refractivity contribution < 1.29 is 4.74 Å². The average molecular weight is 471 g/mol. The van der Waals surface area contributed by atoms with Crippen molar-refractivity contribution in [2.75, 3.05) is 0 Å². The molecule has 6 heteroatoms. The third kappa shape index (κ3) is 4.83. The molecule has 2 aromatic carbocycles. The molecule has 6 nitrogen and oxygen atoms in total. The Morgan fingerprint density at radius 2 is 1.61 bits per heavy atom. The summed E-state index contributed by atoms with van der Waals surface area (Å²) in [5.41, 5.74) is 5.88. The third-order valence-corrected chi connectivity index (χ3v) is 5.82. The summed E-state index contributed by atoms with van der Waals surface area (Å²) in [7, 11) is 0. The van der Waals surface area contributed by atoms with Crippen LogP contribution in [0.3, 0.4) is 0 Å². The minimum atomic E-state index is -0.293. The standard InChI is InChI=1S/C30H22N4O2/c31-15-23-10-4-5-11-25(23)29-28(26(18-34-30(29)35)27-12-6-7-13-33-27)24-14-22(16-32-17-24)20-36-19-21-8-2-1-3-9-21/h1-14,16-18H,19-20H2,(H,34,35). The van der Waals surface area contributed by atoms with Gasteiger partial charge in [0.25, 0.3) is 5.56 Å². The lowest BCUT2D eigenvalue weighted by atomic mass is 9.89. The number of hydrogen-bond donors (Lipinski definition) is 1. The van der Waals surface area contributed by atoms with E-state index in [0.717, 1.165) is 22.3 Å². The molecule has 0 radical (unpaired) electrons. The molecule has 0 amide bonds. The van der Waals surface area contributed by atoms with Crippen LogP contribution in [-0.4, -0.2) is 15.0 Å². The molecule has 0 fully saturated rings. The van der Waals surface area contributed by atoms with Crippen molar-refractivity contribution >= 4 is 0 Å². The van der Waals surface area contributed by atoms with Gasteiger partial charge in [0.2, 0.25) is 0 Å². The lowest BCUT2D eigenvalue weighted by Crippen LogP contribution is -2.12. The van der Waals surface area contributed by atoms with Gasteiger partial charge in [-0.2, -0.15) is 5.26 Å². The summed E-state index contributed by atoms with van der Waals surface area (Å²) in [6.45, 7) is 0.845. The van der Waals surface area contributed by atoms with Crippen LogP contribution in [0.2, 0.25) is 0 Å². The Bertz CT molecular complexity index is 1590. The lowest BCUT2D eigenvalue weighted by Gasteiger charge is -2.16. The maximum absolute atomic E-state index is 13.2. The minimum Gasteiger partial charge on any atom is -0.372 e. The first kappa shape index (κ1) is 22.9. The number of nitriles is 1. The molecule has 0 atom stereocenters. The van der Waals surface area contributed by atoms with Gasteiger partial charge in [-0.25, -0.2) is 0 Å². The van der Waals surface area contributed by atoms with Crippen LogP contribution in [0.15, 0.2) is 108 Å². The monoisotopic (exact) mass is 470 g/mol. The maximum Gasteiger partial charge on any atom is 0.256 e. The molecule has 1 N–H and O–H groups in total. The summed E-state index contributed by atoms with van der Waals surface area (Å²) in [4.78, 5) is 25.1. The third-order valence-electron chi connectivity index (χ3n) is 5.82. The van der Waals surface area contributed by atoms with E-state index < -0.39 is 0 Å². The summed E-state index contributed by atoms with van der Waals surface area (Å²) in [5, 5.41) is 9.75. The summed E-state index contributed by atoms with van der Waals surface area (Å²) in [6, 6.07) is 26.9. The SMILES string of the molecule is N#Cc1ccccc1-c1c(-c2cncc(COCc3ccccc3)c2)c(-c2ccccn2)c[nH]c1=O. The molecule has 0 spiro atoms. The first-order valence-corrected chi connectivity index (χ1v) is 11.5. The van der Waals surface area contributed by atoms with Gasteiger partial charge >= 0.3 is 0 Å². The average Bonchev–Trinajstić information content (AvgIpc) is 2.94. The van der Waals surface area contributed by atoms with Crippen LogP contribution < -0.4 is 5.56 Å². The van der Waals surface area contributed by atoms with Crippen molar-refractivity contribution in [2.24, 2.45) is 0 Å². The van der Waals surface area contributed by atoms with Crippen LogP contribution in [-0.2, 0) is 18.0 Å². The fourth-order valence-corrected chi connectivity index (χ4v) is 4.17. The number of benzene rings is 2. The summed E-state index contributed by atoms with van der Waals surface area (Å²) >= 11 is 0. The van der Waals surface area contributed by atoms with E-state index >= 15 is 0 Å². The Balaban J connectivity index is 1.63. The number of aromatic amines is 1. The first-order chi connectivity index (χ1) is 17.7. The number of hydrogen-bond acceptors (Lipinski definition) is 5. The van der Waals surface area contributed by atoms with Crippen LogP contribution in [0.1, 0.15) is 16.7 Å². The van der Waals surface area contributed by atoms with Gasteiger partial charge < -0.3 is 9.72 Å². The van der Waals surface area contributed by atoms with Crippen molar-refractivity contribution in [1.82, 2.24) is 15.0 Å². The van der Waals surface area contributed by atoms with E-state index in [1.54, 1.807) is 43.0 Å². The quantitative estimate of drug-likeness (QED) is 0.327. The number of H-pyrrole nitrogens is 1. The smallest absolute Gasteiger partial charge is 0.256 e. The molecule has 0 aliphatic heterocycles. The van der Waals surface area contributed by atoms with Crippen LogP contribution in [0.4, 0.5) is 0 Å². The Hall–Kier alpha value is -4.86. The lowest BCUT2D eigenvalue weighted by molar-refractivity contribution is 0.107. The van der Waals surface area contributed by atoms with Crippen molar-refractivity contribution in [1.29, 1.82) is 5.26 Å². The van der Waals surface area contributed by atoms with E-state index in [1.807, 2.05) is 60.7 Å². The van der Waals surface area contributed by atoms with E-state index in [9.17, 15) is 10.1 Å². The number of nitrogens with zero attached hydrogens (tertiary/aromatic N) is 3. The molecular formula is C30H22N4O2. The fraction of sp³-hybridized carbons (Fsp3) is 0.0667. The molecule has 174 valence electrons. The van der Waals surface area contributed by atoms with Gasteiger partial charge in [-0.3, -0.25) is 14.8 Å². The molecule has 5 rings (SSSR count).